The molecule has 0 aliphatic carbocycles. The number of nitrogens with one attached hydrogen (secondary N) is 1. The third kappa shape index (κ3) is 3.87. The molecule has 0 spiro atoms. The van der Waals surface area contributed by atoms with Gasteiger partial charge in [0.15, 0.2) is 0 Å². The lowest BCUT2D eigenvalue weighted by molar-refractivity contribution is 0.0954. The second-order valence-corrected chi connectivity index (χ2v) is 5.56. The molecule has 3 N–H and O–H groups in total. The zero-order valence-electron chi connectivity index (χ0n) is 12.0. The van der Waals surface area contributed by atoms with E-state index in [1.807, 2.05) is 44.2 Å². The second kappa shape index (κ2) is 7.64. The van der Waals surface area contributed by atoms with Gasteiger partial charge in [0.1, 0.15) is 0 Å². The summed E-state index contributed by atoms with van der Waals surface area (Å²) >= 11 is 3.43. The Morgan fingerprint density at radius 2 is 1.90 bits per heavy atom. The first-order valence-corrected chi connectivity index (χ1v) is 7.27. The minimum Gasteiger partial charge on any atom is -0.351 e. The summed E-state index contributed by atoms with van der Waals surface area (Å²) in [5, 5.41) is 2.81. The van der Waals surface area contributed by atoms with Gasteiger partial charge in [0.25, 0.3) is 5.91 Å². The van der Waals surface area contributed by atoms with Gasteiger partial charge in [-0.15, -0.1) is 12.4 Å². The van der Waals surface area contributed by atoms with Crippen LogP contribution >= 0.6 is 28.3 Å². The predicted molar refractivity (Wildman–Crippen MR) is 91.6 cm³/mol. The molecule has 1 aromatic carbocycles. The van der Waals surface area contributed by atoms with Crippen molar-refractivity contribution in [1.82, 2.24) is 9.88 Å². The summed E-state index contributed by atoms with van der Waals surface area (Å²) < 4.78 is 3.11. The van der Waals surface area contributed by atoms with E-state index in [2.05, 4.69) is 25.8 Å². The van der Waals surface area contributed by atoms with E-state index in [1.54, 1.807) is 0 Å². The number of benzene rings is 1. The van der Waals surface area contributed by atoms with Gasteiger partial charge in [-0.3, -0.25) is 4.79 Å². The van der Waals surface area contributed by atoms with E-state index < -0.39 is 0 Å². The Balaban J connectivity index is 0.00000220. The number of nitrogens with zero attached hydrogens (tertiary/aromatic N) is 1. The second-order valence-electron chi connectivity index (χ2n) is 4.64. The maximum atomic E-state index is 12.1. The number of hydrogen-bond acceptors (Lipinski definition) is 2. The average Bonchev–Trinajstić information content (AvgIpc) is 2.73. The van der Waals surface area contributed by atoms with Gasteiger partial charge in [0.2, 0.25) is 0 Å². The average molecular weight is 373 g/mol. The van der Waals surface area contributed by atoms with Gasteiger partial charge < -0.3 is 15.6 Å². The Morgan fingerprint density at radius 3 is 2.48 bits per heavy atom. The molecule has 0 saturated heterocycles. The predicted octanol–water partition coefficient (Wildman–Crippen LogP) is 2.97. The lowest BCUT2D eigenvalue weighted by Crippen LogP contribution is -2.29. The number of halogens is 2. The van der Waals surface area contributed by atoms with E-state index in [1.165, 1.54) is 0 Å². The van der Waals surface area contributed by atoms with E-state index in [4.69, 9.17) is 5.73 Å². The van der Waals surface area contributed by atoms with Gasteiger partial charge in [-0.25, -0.2) is 0 Å². The molecule has 2 aromatic rings. The van der Waals surface area contributed by atoms with Crippen LogP contribution in [0.15, 0.2) is 34.8 Å². The highest BCUT2D eigenvalue weighted by molar-refractivity contribution is 9.10. The number of aryl methyl sites for hydroxylation is 1. The first kappa shape index (κ1) is 17.8. The first-order chi connectivity index (χ1) is 9.54. The van der Waals surface area contributed by atoms with Gasteiger partial charge in [0.05, 0.1) is 5.56 Å². The Labute approximate surface area is 139 Å². The molecule has 1 aromatic heterocycles. The molecule has 2 rings (SSSR count). The molecular formula is C15H19BrClN3O. The summed E-state index contributed by atoms with van der Waals surface area (Å²) in [6.45, 7) is 4.87. The van der Waals surface area contributed by atoms with Gasteiger partial charge >= 0.3 is 0 Å². The Kier molecular flexibility index (Phi) is 6.45. The summed E-state index contributed by atoms with van der Waals surface area (Å²) in [6.07, 6.45) is 0. The molecule has 114 valence electrons. The van der Waals surface area contributed by atoms with Crippen molar-refractivity contribution in [2.45, 2.75) is 13.8 Å². The van der Waals surface area contributed by atoms with E-state index in [9.17, 15) is 4.79 Å². The van der Waals surface area contributed by atoms with E-state index in [0.29, 0.717) is 18.7 Å². The van der Waals surface area contributed by atoms with Crippen LogP contribution in [-0.4, -0.2) is 23.6 Å². The lowest BCUT2D eigenvalue weighted by Gasteiger charge is -2.10. The first-order valence-electron chi connectivity index (χ1n) is 6.47. The van der Waals surface area contributed by atoms with Crippen LogP contribution in [0.3, 0.4) is 0 Å². The molecule has 0 atom stereocenters. The molecule has 0 radical (unpaired) electrons. The van der Waals surface area contributed by atoms with Gasteiger partial charge in [-0.1, -0.05) is 15.9 Å². The summed E-state index contributed by atoms with van der Waals surface area (Å²) in [5.74, 6) is -0.0769. The molecule has 4 nitrogen and oxygen atoms in total. The van der Waals surface area contributed by atoms with Crippen LogP contribution in [0.5, 0.6) is 0 Å². The third-order valence-corrected chi connectivity index (χ3v) is 3.72. The van der Waals surface area contributed by atoms with Crippen LogP contribution in [0.4, 0.5) is 0 Å². The van der Waals surface area contributed by atoms with Crippen molar-refractivity contribution in [2.24, 2.45) is 5.73 Å². The number of carbonyl (C=O) groups is 1. The van der Waals surface area contributed by atoms with Gasteiger partial charge in [-0.05, 0) is 44.2 Å². The normalized spacial score (nSPS) is 10.1. The zero-order valence-corrected chi connectivity index (χ0v) is 14.4. The summed E-state index contributed by atoms with van der Waals surface area (Å²) in [4.78, 5) is 12.1. The Morgan fingerprint density at radius 1 is 1.29 bits per heavy atom. The molecule has 21 heavy (non-hydrogen) atoms. The topological polar surface area (TPSA) is 60.1 Å². The zero-order chi connectivity index (χ0) is 14.7. The Bertz CT molecular complexity index is 623. The maximum Gasteiger partial charge on any atom is 0.253 e. The summed E-state index contributed by atoms with van der Waals surface area (Å²) in [6, 6.07) is 9.92. The van der Waals surface area contributed by atoms with Gasteiger partial charge in [-0.2, -0.15) is 0 Å². The van der Waals surface area contributed by atoms with Crippen LogP contribution in [0.25, 0.3) is 5.69 Å². The molecule has 0 aliphatic rings. The number of carbonyl (C=O) groups excluding carboxylic acids is 1. The maximum absolute atomic E-state index is 12.1. The van der Waals surface area contributed by atoms with Crippen LogP contribution in [-0.2, 0) is 0 Å². The standard InChI is InChI=1S/C15H18BrN3O.ClH/c1-10-9-14(15(20)18-8-7-17)11(2)19(10)13-5-3-12(16)4-6-13;/h3-6,9H,7-8,17H2,1-2H3,(H,18,20);1H. The monoisotopic (exact) mass is 371 g/mol. The summed E-state index contributed by atoms with van der Waals surface area (Å²) in [5.41, 5.74) is 9.11. The van der Waals surface area contributed by atoms with Crippen molar-refractivity contribution in [2.75, 3.05) is 13.1 Å². The molecule has 1 amide bonds. The quantitative estimate of drug-likeness (QED) is 0.867. The van der Waals surface area contributed by atoms with Crippen molar-refractivity contribution in [3.8, 4) is 5.69 Å². The number of rotatable bonds is 4. The van der Waals surface area contributed by atoms with Crippen LogP contribution in [0.1, 0.15) is 21.7 Å². The Hall–Kier alpha value is -1.30. The van der Waals surface area contributed by atoms with Crippen molar-refractivity contribution in [1.29, 1.82) is 0 Å². The summed E-state index contributed by atoms with van der Waals surface area (Å²) in [7, 11) is 0. The highest BCUT2D eigenvalue weighted by atomic mass is 79.9. The van der Waals surface area contributed by atoms with Gasteiger partial charge in [0, 0.05) is 34.6 Å². The third-order valence-electron chi connectivity index (χ3n) is 3.19. The molecule has 0 unspecified atom stereocenters. The number of hydrogen-bond donors (Lipinski definition) is 2. The minimum absolute atomic E-state index is 0. The largest absolute Gasteiger partial charge is 0.351 e. The molecule has 0 saturated carbocycles. The number of nitrogens with two attached hydrogens (primary N) is 1. The number of amides is 1. The van der Waals surface area contributed by atoms with E-state index in [0.717, 1.165) is 21.5 Å². The highest BCUT2D eigenvalue weighted by Crippen LogP contribution is 2.22. The SMILES string of the molecule is Cc1cc(C(=O)NCCN)c(C)n1-c1ccc(Br)cc1.Cl. The molecule has 0 bridgehead atoms. The van der Waals surface area contributed by atoms with Crippen molar-refractivity contribution >= 4 is 34.2 Å². The fraction of sp³-hybridized carbons (Fsp3) is 0.267. The van der Waals surface area contributed by atoms with Crippen LogP contribution in [0.2, 0.25) is 0 Å². The van der Waals surface area contributed by atoms with Crippen LogP contribution in [0, 0.1) is 13.8 Å². The van der Waals surface area contributed by atoms with Crippen molar-refractivity contribution in [3.63, 3.8) is 0 Å². The van der Waals surface area contributed by atoms with E-state index in [-0.39, 0.29) is 18.3 Å². The lowest BCUT2D eigenvalue weighted by atomic mass is 10.2. The fourth-order valence-electron chi connectivity index (χ4n) is 2.26. The molecule has 1 heterocycles. The van der Waals surface area contributed by atoms with Crippen molar-refractivity contribution in [3.05, 3.63) is 51.8 Å². The van der Waals surface area contributed by atoms with Crippen LogP contribution < -0.4 is 11.1 Å². The number of aromatic nitrogens is 1. The smallest absolute Gasteiger partial charge is 0.253 e. The fourth-order valence-corrected chi connectivity index (χ4v) is 2.53. The highest BCUT2D eigenvalue weighted by Gasteiger charge is 2.16. The molecule has 0 fully saturated rings. The molecule has 0 aliphatic heterocycles. The van der Waals surface area contributed by atoms with E-state index >= 15 is 0 Å². The van der Waals surface area contributed by atoms with Crippen molar-refractivity contribution < 1.29 is 4.79 Å². The minimum atomic E-state index is -0.0769. The molecular weight excluding hydrogens is 354 g/mol. The molecule has 6 heteroatoms.